The van der Waals surface area contributed by atoms with E-state index in [1.165, 1.54) is 0 Å². The van der Waals surface area contributed by atoms with Crippen molar-refractivity contribution in [3.63, 3.8) is 0 Å². The van der Waals surface area contributed by atoms with Gasteiger partial charge in [0.05, 0.1) is 12.5 Å². The van der Waals surface area contributed by atoms with E-state index in [1.54, 1.807) is 0 Å². The molecule has 0 saturated carbocycles. The molecule has 0 aliphatic carbocycles. The summed E-state index contributed by atoms with van der Waals surface area (Å²) < 4.78 is 5.16. The molecule has 2 heterocycles. The number of hydrogen-bond donors (Lipinski definition) is 3. The van der Waals surface area contributed by atoms with Crippen LogP contribution in [-0.2, 0) is 11.2 Å². The Morgan fingerprint density at radius 2 is 2.30 bits per heavy atom. The van der Waals surface area contributed by atoms with Crippen molar-refractivity contribution < 1.29 is 14.4 Å². The fourth-order valence-corrected chi connectivity index (χ4v) is 2.45. The third-order valence-electron chi connectivity index (χ3n) is 3.65. The smallest absolute Gasteiger partial charge is 0.226 e. The Labute approximate surface area is 116 Å². The predicted octanol–water partition coefficient (Wildman–Crippen LogP) is 0.0668. The topological polar surface area (TPSA) is 87.4 Å². The van der Waals surface area contributed by atoms with Gasteiger partial charge in [0, 0.05) is 30.9 Å². The van der Waals surface area contributed by atoms with Crippen LogP contribution in [0.2, 0.25) is 0 Å². The standard InChI is InChI=1S/C14H17N3O3/c18-12-8-15-6-9(12)7-16-14(19)5-11-10-3-1-2-4-13(10)20-17-11/h1-4,9,12,15,18H,5-8H2,(H,16,19). The highest BCUT2D eigenvalue weighted by atomic mass is 16.5. The Hall–Kier alpha value is -1.92. The Morgan fingerprint density at radius 3 is 3.10 bits per heavy atom. The van der Waals surface area contributed by atoms with Gasteiger partial charge in [-0.1, -0.05) is 17.3 Å². The number of β-amino-alcohol motifs (C(OH)–C–C–N with tert-alkyl or cyclic N) is 1. The van der Waals surface area contributed by atoms with Gasteiger partial charge >= 0.3 is 0 Å². The van der Waals surface area contributed by atoms with Gasteiger partial charge in [0.25, 0.3) is 0 Å². The van der Waals surface area contributed by atoms with Crippen LogP contribution < -0.4 is 10.6 Å². The van der Waals surface area contributed by atoms with E-state index in [0.29, 0.717) is 24.4 Å². The maximum atomic E-state index is 11.9. The molecule has 2 aromatic rings. The fraction of sp³-hybridized carbons (Fsp3) is 0.429. The van der Waals surface area contributed by atoms with Gasteiger partial charge in [0.2, 0.25) is 5.91 Å². The van der Waals surface area contributed by atoms with Crippen molar-refractivity contribution in [1.82, 2.24) is 15.8 Å². The van der Waals surface area contributed by atoms with Crippen LogP contribution in [0.15, 0.2) is 28.8 Å². The number of nitrogens with one attached hydrogen (secondary N) is 2. The fourth-order valence-electron chi connectivity index (χ4n) is 2.45. The van der Waals surface area contributed by atoms with Crippen molar-refractivity contribution in [3.05, 3.63) is 30.0 Å². The van der Waals surface area contributed by atoms with Gasteiger partial charge in [-0.15, -0.1) is 0 Å². The first kappa shape index (κ1) is 13.1. The van der Waals surface area contributed by atoms with E-state index in [4.69, 9.17) is 4.52 Å². The molecule has 1 saturated heterocycles. The van der Waals surface area contributed by atoms with Crippen LogP contribution in [0.4, 0.5) is 0 Å². The molecule has 1 aromatic carbocycles. The molecule has 1 amide bonds. The zero-order valence-electron chi connectivity index (χ0n) is 11.0. The number of aliphatic hydroxyl groups excluding tert-OH is 1. The number of hydrogen-bond acceptors (Lipinski definition) is 5. The SMILES string of the molecule is O=C(Cc1noc2ccccc12)NCC1CNCC1O. The number of rotatable bonds is 4. The van der Waals surface area contributed by atoms with Gasteiger partial charge in [-0.05, 0) is 12.1 Å². The molecule has 106 valence electrons. The van der Waals surface area contributed by atoms with Crippen LogP contribution >= 0.6 is 0 Å². The average molecular weight is 275 g/mol. The lowest BCUT2D eigenvalue weighted by Gasteiger charge is -2.13. The monoisotopic (exact) mass is 275 g/mol. The molecule has 1 fully saturated rings. The summed E-state index contributed by atoms with van der Waals surface area (Å²) in [6.45, 7) is 1.80. The second-order valence-corrected chi connectivity index (χ2v) is 5.09. The largest absolute Gasteiger partial charge is 0.391 e. The molecule has 20 heavy (non-hydrogen) atoms. The lowest BCUT2D eigenvalue weighted by Crippen LogP contribution is -2.35. The van der Waals surface area contributed by atoms with Crippen LogP contribution in [0.3, 0.4) is 0 Å². The molecular formula is C14H17N3O3. The summed E-state index contributed by atoms with van der Waals surface area (Å²) in [5.41, 5.74) is 1.33. The van der Waals surface area contributed by atoms with E-state index in [2.05, 4.69) is 15.8 Å². The molecule has 2 atom stereocenters. The average Bonchev–Trinajstić information content (AvgIpc) is 3.04. The third-order valence-corrected chi connectivity index (χ3v) is 3.65. The van der Waals surface area contributed by atoms with Crippen molar-refractivity contribution in [2.45, 2.75) is 12.5 Å². The van der Waals surface area contributed by atoms with Gasteiger partial charge in [-0.25, -0.2) is 0 Å². The molecule has 2 unspecified atom stereocenters. The molecule has 6 heteroatoms. The zero-order valence-corrected chi connectivity index (χ0v) is 11.0. The summed E-state index contributed by atoms with van der Waals surface area (Å²) in [5.74, 6) is -0.0313. The first-order chi connectivity index (χ1) is 9.74. The van der Waals surface area contributed by atoms with E-state index in [9.17, 15) is 9.90 Å². The normalized spacial score (nSPS) is 22.2. The Balaban J connectivity index is 1.58. The van der Waals surface area contributed by atoms with Crippen molar-refractivity contribution >= 4 is 16.9 Å². The molecule has 1 aliphatic rings. The molecule has 0 spiro atoms. The number of carbonyl (C=O) groups excluding carboxylic acids is 1. The van der Waals surface area contributed by atoms with E-state index in [1.807, 2.05) is 24.3 Å². The van der Waals surface area contributed by atoms with Crippen LogP contribution in [0.5, 0.6) is 0 Å². The summed E-state index contributed by atoms with van der Waals surface area (Å²) in [6, 6.07) is 7.47. The van der Waals surface area contributed by atoms with E-state index >= 15 is 0 Å². The van der Waals surface area contributed by atoms with Crippen LogP contribution in [0.25, 0.3) is 11.0 Å². The number of aromatic nitrogens is 1. The second-order valence-electron chi connectivity index (χ2n) is 5.09. The predicted molar refractivity (Wildman–Crippen MR) is 73.1 cm³/mol. The van der Waals surface area contributed by atoms with Crippen molar-refractivity contribution in [1.29, 1.82) is 0 Å². The highest BCUT2D eigenvalue weighted by Crippen LogP contribution is 2.18. The summed E-state index contributed by atoms with van der Waals surface area (Å²) >= 11 is 0. The Bertz CT molecular complexity index is 610. The summed E-state index contributed by atoms with van der Waals surface area (Å²) in [7, 11) is 0. The number of para-hydroxylation sites is 1. The number of benzene rings is 1. The van der Waals surface area contributed by atoms with Gasteiger partial charge < -0.3 is 20.3 Å². The number of aliphatic hydroxyl groups is 1. The minimum atomic E-state index is -0.386. The minimum Gasteiger partial charge on any atom is -0.391 e. The molecule has 3 N–H and O–H groups in total. The summed E-state index contributed by atoms with van der Waals surface area (Å²) in [6.07, 6.45) is -0.198. The Morgan fingerprint density at radius 1 is 1.45 bits per heavy atom. The Kier molecular flexibility index (Phi) is 3.66. The number of nitrogens with zero attached hydrogens (tertiary/aromatic N) is 1. The molecule has 6 nitrogen and oxygen atoms in total. The van der Waals surface area contributed by atoms with Crippen LogP contribution in [0, 0.1) is 5.92 Å². The number of amides is 1. The highest BCUT2D eigenvalue weighted by molar-refractivity contribution is 5.86. The minimum absolute atomic E-state index is 0.0769. The van der Waals surface area contributed by atoms with E-state index < -0.39 is 0 Å². The van der Waals surface area contributed by atoms with Crippen LogP contribution in [0.1, 0.15) is 5.69 Å². The number of carbonyl (C=O) groups is 1. The zero-order chi connectivity index (χ0) is 13.9. The molecule has 0 bridgehead atoms. The molecule has 1 aromatic heterocycles. The third kappa shape index (κ3) is 2.66. The van der Waals surface area contributed by atoms with E-state index in [0.717, 1.165) is 11.9 Å². The van der Waals surface area contributed by atoms with Crippen molar-refractivity contribution in [2.75, 3.05) is 19.6 Å². The van der Waals surface area contributed by atoms with Crippen LogP contribution in [-0.4, -0.2) is 41.9 Å². The van der Waals surface area contributed by atoms with E-state index in [-0.39, 0.29) is 24.3 Å². The highest BCUT2D eigenvalue weighted by Gasteiger charge is 2.25. The second kappa shape index (κ2) is 5.60. The molecule has 0 radical (unpaired) electrons. The van der Waals surface area contributed by atoms with Gasteiger partial charge in [0.1, 0.15) is 5.69 Å². The molecular weight excluding hydrogens is 258 g/mol. The maximum absolute atomic E-state index is 11.9. The summed E-state index contributed by atoms with van der Waals surface area (Å²) in [4.78, 5) is 11.9. The van der Waals surface area contributed by atoms with Gasteiger partial charge in [-0.2, -0.15) is 0 Å². The lowest BCUT2D eigenvalue weighted by atomic mass is 10.1. The maximum Gasteiger partial charge on any atom is 0.226 e. The first-order valence-electron chi connectivity index (χ1n) is 6.73. The summed E-state index contributed by atoms with van der Waals surface area (Å²) in [5, 5.41) is 20.4. The lowest BCUT2D eigenvalue weighted by molar-refractivity contribution is -0.120. The van der Waals surface area contributed by atoms with Gasteiger partial charge in [0.15, 0.2) is 5.58 Å². The van der Waals surface area contributed by atoms with Crippen molar-refractivity contribution in [2.24, 2.45) is 5.92 Å². The number of fused-ring (bicyclic) bond motifs is 1. The van der Waals surface area contributed by atoms with Gasteiger partial charge in [-0.3, -0.25) is 4.79 Å². The molecule has 3 rings (SSSR count). The first-order valence-corrected chi connectivity index (χ1v) is 6.73. The van der Waals surface area contributed by atoms with Crippen molar-refractivity contribution in [3.8, 4) is 0 Å². The molecule has 1 aliphatic heterocycles. The quantitative estimate of drug-likeness (QED) is 0.735.